The highest BCUT2D eigenvalue weighted by Crippen LogP contribution is 2.19. The summed E-state index contributed by atoms with van der Waals surface area (Å²) >= 11 is 6.04. The molecule has 1 fully saturated rings. The number of rotatable bonds is 3. The lowest BCUT2D eigenvalue weighted by atomic mass is 9.96. The summed E-state index contributed by atoms with van der Waals surface area (Å²) in [5.74, 6) is -0.368. The molecule has 1 aromatic carbocycles. The summed E-state index contributed by atoms with van der Waals surface area (Å²) < 4.78 is 0. The molecule has 2 N–H and O–H groups in total. The van der Waals surface area contributed by atoms with E-state index in [9.17, 15) is 9.59 Å². The van der Waals surface area contributed by atoms with Gasteiger partial charge in [-0.2, -0.15) is 0 Å². The van der Waals surface area contributed by atoms with E-state index in [1.165, 1.54) is 0 Å². The monoisotopic (exact) mass is 292 g/mol. The Hall–Kier alpha value is -1.81. The van der Waals surface area contributed by atoms with Crippen molar-refractivity contribution < 1.29 is 9.59 Å². The lowest BCUT2D eigenvalue weighted by Gasteiger charge is -2.28. The van der Waals surface area contributed by atoms with Crippen LogP contribution in [0.15, 0.2) is 30.0 Å². The average molecular weight is 293 g/mol. The topological polar surface area (TPSA) is 58.2 Å². The zero-order chi connectivity index (χ0) is 14.7. The van der Waals surface area contributed by atoms with Crippen molar-refractivity contribution in [3.8, 4) is 0 Å². The number of amides is 2. The van der Waals surface area contributed by atoms with Gasteiger partial charge in [-0.15, -0.1) is 0 Å². The maximum atomic E-state index is 12.0. The second-order valence-electron chi connectivity index (χ2n) is 4.91. The molecule has 2 atom stereocenters. The number of carbonyl (C=O) groups is 2. The first kappa shape index (κ1) is 14.6. The zero-order valence-corrected chi connectivity index (χ0v) is 12.2. The highest BCUT2D eigenvalue weighted by Gasteiger charge is 2.32. The van der Waals surface area contributed by atoms with Gasteiger partial charge in [0.05, 0.1) is 0 Å². The normalized spacial score (nSPS) is 22.4. The van der Waals surface area contributed by atoms with E-state index in [4.69, 9.17) is 11.6 Å². The van der Waals surface area contributed by atoms with Gasteiger partial charge in [0.25, 0.3) is 5.91 Å². The number of nitrogens with one attached hydrogen (secondary N) is 2. The maximum Gasteiger partial charge on any atom is 0.268 e. The summed E-state index contributed by atoms with van der Waals surface area (Å²) in [6.07, 6.45) is 2.41. The van der Waals surface area contributed by atoms with Crippen molar-refractivity contribution >= 4 is 29.5 Å². The number of carbonyl (C=O) groups excluding carboxylic acids is 2. The van der Waals surface area contributed by atoms with Gasteiger partial charge in [0.2, 0.25) is 5.91 Å². The van der Waals surface area contributed by atoms with E-state index in [1.54, 1.807) is 18.2 Å². The molecule has 1 aromatic rings. The SMILES string of the molecule is CC[C@H](C)[C@@H]1NC(=O)C(=Cc2ccccc2Cl)NC1=O. The molecule has 2 rings (SSSR count). The molecule has 0 aromatic heterocycles. The Morgan fingerprint density at radius 1 is 1.35 bits per heavy atom. The van der Waals surface area contributed by atoms with Gasteiger partial charge < -0.3 is 10.6 Å². The predicted octanol–water partition coefficient (Wildman–Crippen LogP) is 2.34. The Bertz CT molecular complexity index is 569. The summed E-state index contributed by atoms with van der Waals surface area (Å²) in [5, 5.41) is 5.94. The van der Waals surface area contributed by atoms with Crippen LogP contribution >= 0.6 is 11.6 Å². The van der Waals surface area contributed by atoms with Crippen molar-refractivity contribution in [1.82, 2.24) is 10.6 Å². The fourth-order valence-corrected chi connectivity index (χ4v) is 2.23. The van der Waals surface area contributed by atoms with Crippen LogP contribution in [0, 0.1) is 5.92 Å². The van der Waals surface area contributed by atoms with Crippen molar-refractivity contribution in [1.29, 1.82) is 0 Å². The Morgan fingerprint density at radius 3 is 2.70 bits per heavy atom. The van der Waals surface area contributed by atoms with Crippen molar-refractivity contribution in [2.24, 2.45) is 5.92 Å². The minimum absolute atomic E-state index is 0.0980. The number of hydrogen-bond donors (Lipinski definition) is 2. The molecule has 2 amide bonds. The summed E-state index contributed by atoms with van der Waals surface area (Å²) in [4.78, 5) is 24.1. The van der Waals surface area contributed by atoms with E-state index in [0.29, 0.717) is 10.6 Å². The Labute approximate surface area is 123 Å². The first-order valence-electron chi connectivity index (χ1n) is 6.61. The number of benzene rings is 1. The summed E-state index contributed by atoms with van der Waals surface area (Å²) in [6, 6.07) is 6.68. The van der Waals surface area contributed by atoms with Gasteiger partial charge in [-0.25, -0.2) is 0 Å². The van der Waals surface area contributed by atoms with Crippen LogP contribution in [-0.2, 0) is 9.59 Å². The third kappa shape index (κ3) is 3.02. The minimum atomic E-state index is -0.476. The van der Waals surface area contributed by atoms with Gasteiger partial charge >= 0.3 is 0 Å². The Balaban J connectivity index is 2.23. The van der Waals surface area contributed by atoms with Gasteiger partial charge in [0.15, 0.2) is 0 Å². The fourth-order valence-electron chi connectivity index (χ4n) is 2.04. The molecule has 1 saturated heterocycles. The average Bonchev–Trinajstić information content (AvgIpc) is 2.44. The van der Waals surface area contributed by atoms with Crippen LogP contribution in [0.3, 0.4) is 0 Å². The second-order valence-corrected chi connectivity index (χ2v) is 5.31. The summed E-state index contributed by atoms with van der Waals surface area (Å²) in [7, 11) is 0. The van der Waals surface area contributed by atoms with E-state index in [-0.39, 0.29) is 23.4 Å². The van der Waals surface area contributed by atoms with Crippen LogP contribution in [0.25, 0.3) is 6.08 Å². The van der Waals surface area contributed by atoms with Crippen LogP contribution in [0.5, 0.6) is 0 Å². The molecule has 1 aliphatic heterocycles. The van der Waals surface area contributed by atoms with Crippen LogP contribution < -0.4 is 10.6 Å². The van der Waals surface area contributed by atoms with Crippen molar-refractivity contribution in [3.63, 3.8) is 0 Å². The lowest BCUT2D eigenvalue weighted by molar-refractivity contribution is -0.132. The van der Waals surface area contributed by atoms with Gasteiger partial charge in [0, 0.05) is 5.02 Å². The molecule has 0 spiro atoms. The second kappa shape index (κ2) is 6.09. The Morgan fingerprint density at radius 2 is 2.05 bits per heavy atom. The van der Waals surface area contributed by atoms with E-state index in [0.717, 1.165) is 6.42 Å². The fraction of sp³-hybridized carbons (Fsp3) is 0.333. The van der Waals surface area contributed by atoms with Crippen molar-refractivity contribution in [2.45, 2.75) is 26.3 Å². The maximum absolute atomic E-state index is 12.0. The molecule has 4 nitrogen and oxygen atoms in total. The third-order valence-electron chi connectivity index (χ3n) is 3.49. The smallest absolute Gasteiger partial charge is 0.268 e. The minimum Gasteiger partial charge on any atom is -0.339 e. The molecule has 0 bridgehead atoms. The number of piperazine rings is 1. The molecule has 0 radical (unpaired) electrons. The standard InChI is InChI=1S/C15H17ClN2O2/c1-3-9(2)13-15(20)17-12(14(19)18-13)8-10-6-4-5-7-11(10)16/h4-9,13H,3H2,1-2H3,(H,17,20)(H,18,19)/t9-,13-/m0/s1. The molecule has 1 heterocycles. The molecular weight excluding hydrogens is 276 g/mol. The van der Waals surface area contributed by atoms with Crippen LogP contribution in [-0.4, -0.2) is 17.9 Å². The number of halogens is 1. The van der Waals surface area contributed by atoms with Gasteiger partial charge in [-0.05, 0) is 23.6 Å². The molecule has 0 aliphatic carbocycles. The van der Waals surface area contributed by atoms with Crippen molar-refractivity contribution in [2.75, 3.05) is 0 Å². The lowest BCUT2D eigenvalue weighted by Crippen LogP contribution is -2.57. The van der Waals surface area contributed by atoms with Crippen molar-refractivity contribution in [3.05, 3.63) is 40.5 Å². The highest BCUT2D eigenvalue weighted by molar-refractivity contribution is 6.32. The molecule has 20 heavy (non-hydrogen) atoms. The van der Waals surface area contributed by atoms with Gasteiger partial charge in [-0.3, -0.25) is 9.59 Å². The van der Waals surface area contributed by atoms with E-state index in [2.05, 4.69) is 10.6 Å². The van der Waals surface area contributed by atoms with Gasteiger partial charge in [0.1, 0.15) is 11.7 Å². The van der Waals surface area contributed by atoms with E-state index >= 15 is 0 Å². The summed E-state index contributed by atoms with van der Waals surface area (Å²) in [6.45, 7) is 3.92. The third-order valence-corrected chi connectivity index (χ3v) is 3.83. The quantitative estimate of drug-likeness (QED) is 0.840. The molecule has 106 valence electrons. The van der Waals surface area contributed by atoms with Gasteiger partial charge in [-0.1, -0.05) is 50.1 Å². The largest absolute Gasteiger partial charge is 0.339 e. The zero-order valence-electron chi connectivity index (χ0n) is 11.4. The van der Waals surface area contributed by atoms with Crippen LogP contribution in [0.2, 0.25) is 5.02 Å². The molecule has 0 unspecified atom stereocenters. The first-order chi connectivity index (χ1) is 9.52. The number of hydrogen-bond acceptors (Lipinski definition) is 2. The molecule has 0 saturated carbocycles. The van der Waals surface area contributed by atoms with E-state index < -0.39 is 6.04 Å². The molecule has 1 aliphatic rings. The van der Waals surface area contributed by atoms with Crippen LogP contribution in [0.1, 0.15) is 25.8 Å². The van der Waals surface area contributed by atoms with E-state index in [1.807, 2.05) is 26.0 Å². The summed E-state index contributed by atoms with van der Waals surface area (Å²) in [5.41, 5.74) is 0.921. The predicted molar refractivity (Wildman–Crippen MR) is 79.0 cm³/mol. The molecular formula is C15H17ClN2O2. The Kier molecular flexibility index (Phi) is 4.45. The highest BCUT2D eigenvalue weighted by atomic mass is 35.5. The molecule has 5 heteroatoms. The van der Waals surface area contributed by atoms with Crippen LogP contribution in [0.4, 0.5) is 0 Å². The first-order valence-corrected chi connectivity index (χ1v) is 6.98.